The molecule has 0 spiro atoms. The highest BCUT2D eigenvalue weighted by molar-refractivity contribution is 9.10. The zero-order valence-corrected chi connectivity index (χ0v) is 14.7. The number of carbonyl (C=O) groups is 1. The Labute approximate surface area is 152 Å². The van der Waals surface area contributed by atoms with Gasteiger partial charge in [-0.15, -0.1) is 0 Å². The second-order valence-electron chi connectivity index (χ2n) is 5.23. The van der Waals surface area contributed by atoms with Crippen molar-refractivity contribution in [1.82, 2.24) is 5.43 Å². The van der Waals surface area contributed by atoms with Gasteiger partial charge in [-0.2, -0.15) is 5.10 Å². The first kappa shape index (κ1) is 17.1. The van der Waals surface area contributed by atoms with Crippen LogP contribution >= 0.6 is 15.9 Å². The number of hydrogen-bond acceptors (Lipinski definition) is 3. The van der Waals surface area contributed by atoms with Crippen LogP contribution in [0.25, 0.3) is 10.8 Å². The van der Waals surface area contributed by atoms with E-state index in [2.05, 4.69) is 26.5 Å². The molecule has 1 N–H and O–H groups in total. The lowest BCUT2D eigenvalue weighted by Gasteiger charge is -2.09. The van der Waals surface area contributed by atoms with Crippen molar-refractivity contribution in [1.29, 1.82) is 0 Å². The molecule has 3 aromatic carbocycles. The maximum atomic E-state index is 12.8. The van der Waals surface area contributed by atoms with Crippen LogP contribution in [0.3, 0.4) is 0 Å². The van der Waals surface area contributed by atoms with Gasteiger partial charge in [0, 0.05) is 0 Å². The summed E-state index contributed by atoms with van der Waals surface area (Å²) in [5.74, 6) is -0.134. The number of ether oxygens (including phenoxy) is 1. The Hall–Kier alpha value is -2.73. The van der Waals surface area contributed by atoms with Gasteiger partial charge in [0.05, 0.1) is 10.7 Å². The highest BCUT2D eigenvalue weighted by atomic mass is 79.9. The lowest BCUT2D eigenvalue weighted by atomic mass is 10.1. The second-order valence-corrected chi connectivity index (χ2v) is 6.03. The van der Waals surface area contributed by atoms with Crippen LogP contribution in [0, 0.1) is 5.82 Å². The van der Waals surface area contributed by atoms with Gasteiger partial charge in [-0.3, -0.25) is 4.79 Å². The van der Waals surface area contributed by atoms with Crippen LogP contribution in [0.2, 0.25) is 0 Å². The van der Waals surface area contributed by atoms with E-state index >= 15 is 0 Å². The molecule has 0 aromatic heterocycles. The number of nitrogens with one attached hydrogen (secondary N) is 1. The lowest BCUT2D eigenvalue weighted by Crippen LogP contribution is -2.24. The molecule has 0 bridgehead atoms. The van der Waals surface area contributed by atoms with Gasteiger partial charge in [0.1, 0.15) is 11.6 Å². The number of hydrazone groups is 1. The average molecular weight is 401 g/mol. The highest BCUT2D eigenvalue weighted by Crippen LogP contribution is 2.32. The molecule has 0 aliphatic heterocycles. The van der Waals surface area contributed by atoms with Crippen molar-refractivity contribution >= 4 is 38.8 Å². The van der Waals surface area contributed by atoms with Gasteiger partial charge < -0.3 is 4.74 Å². The van der Waals surface area contributed by atoms with Crippen LogP contribution < -0.4 is 10.2 Å². The van der Waals surface area contributed by atoms with Crippen LogP contribution in [0.4, 0.5) is 4.39 Å². The molecular formula is C19H14BrFN2O2. The van der Waals surface area contributed by atoms with E-state index in [1.54, 1.807) is 12.1 Å². The monoisotopic (exact) mass is 400 g/mol. The molecule has 1 amide bonds. The van der Waals surface area contributed by atoms with Crippen molar-refractivity contribution in [2.75, 3.05) is 6.61 Å². The summed E-state index contributed by atoms with van der Waals surface area (Å²) in [6.45, 7) is -0.169. The van der Waals surface area contributed by atoms with Gasteiger partial charge in [-0.25, -0.2) is 9.82 Å². The Morgan fingerprint density at radius 1 is 1.12 bits per heavy atom. The Kier molecular flexibility index (Phi) is 5.40. The Balaban J connectivity index is 1.57. The maximum absolute atomic E-state index is 12.8. The fourth-order valence-electron chi connectivity index (χ4n) is 2.23. The quantitative estimate of drug-likeness (QED) is 0.513. The number of carbonyl (C=O) groups excluding carboxylic acids is 1. The molecule has 6 heteroatoms. The molecule has 3 rings (SSSR count). The molecule has 0 aliphatic rings. The second kappa shape index (κ2) is 7.90. The van der Waals surface area contributed by atoms with E-state index in [0.29, 0.717) is 11.3 Å². The highest BCUT2D eigenvalue weighted by Gasteiger charge is 2.08. The minimum Gasteiger partial charge on any atom is -0.483 e. The molecule has 126 valence electrons. The third-order valence-electron chi connectivity index (χ3n) is 3.46. The number of halogens is 2. The third kappa shape index (κ3) is 4.42. The Morgan fingerprint density at radius 2 is 1.88 bits per heavy atom. The lowest BCUT2D eigenvalue weighted by molar-refractivity contribution is -0.123. The number of benzene rings is 3. The summed E-state index contributed by atoms with van der Waals surface area (Å²) < 4.78 is 19.1. The zero-order valence-electron chi connectivity index (χ0n) is 13.1. The van der Waals surface area contributed by atoms with Gasteiger partial charge in [0.2, 0.25) is 0 Å². The van der Waals surface area contributed by atoms with E-state index in [-0.39, 0.29) is 12.4 Å². The predicted octanol–water partition coefficient (Wildman–Crippen LogP) is 4.27. The van der Waals surface area contributed by atoms with Crippen molar-refractivity contribution in [3.8, 4) is 5.75 Å². The molecule has 4 nitrogen and oxygen atoms in total. The first-order valence-electron chi connectivity index (χ1n) is 7.51. The minimum atomic E-state index is -0.390. The first-order valence-corrected chi connectivity index (χ1v) is 8.30. The normalized spacial score (nSPS) is 11.0. The van der Waals surface area contributed by atoms with E-state index in [4.69, 9.17) is 4.74 Å². The largest absolute Gasteiger partial charge is 0.483 e. The summed E-state index contributed by atoms with van der Waals surface area (Å²) in [5, 5.41) is 5.90. The summed E-state index contributed by atoms with van der Waals surface area (Å²) in [4.78, 5) is 11.8. The van der Waals surface area contributed by atoms with Crippen molar-refractivity contribution in [3.63, 3.8) is 0 Å². The summed E-state index contributed by atoms with van der Waals surface area (Å²) in [6.07, 6.45) is 1.43. The number of amides is 1. The van der Waals surface area contributed by atoms with Gasteiger partial charge in [-0.05, 0) is 50.5 Å². The summed E-state index contributed by atoms with van der Waals surface area (Å²) in [7, 11) is 0. The van der Waals surface area contributed by atoms with Crippen LogP contribution in [0.5, 0.6) is 5.75 Å². The molecule has 0 aliphatic carbocycles. The number of hydrogen-bond donors (Lipinski definition) is 1. The van der Waals surface area contributed by atoms with Gasteiger partial charge in [0.25, 0.3) is 5.91 Å². The van der Waals surface area contributed by atoms with E-state index in [1.165, 1.54) is 18.3 Å². The first-order chi connectivity index (χ1) is 12.1. The summed E-state index contributed by atoms with van der Waals surface area (Å²) in [6, 6.07) is 17.4. The zero-order chi connectivity index (χ0) is 17.6. The van der Waals surface area contributed by atoms with Crippen molar-refractivity contribution in [3.05, 3.63) is 76.5 Å². The Bertz CT molecular complexity index is 926. The van der Waals surface area contributed by atoms with Crippen LogP contribution in [0.1, 0.15) is 5.56 Å². The fourth-order valence-corrected chi connectivity index (χ4v) is 2.84. The standard InChI is InChI=1S/C19H14BrFN2O2/c20-19-16-4-2-1-3-14(16)7-10-17(19)25-12-18(24)23-22-11-13-5-8-15(21)9-6-13/h1-11H,12H2,(H,23,24)/b22-11+. The van der Waals surface area contributed by atoms with Gasteiger partial charge >= 0.3 is 0 Å². The topological polar surface area (TPSA) is 50.7 Å². The van der Waals surface area contributed by atoms with Gasteiger partial charge in [-0.1, -0.05) is 42.5 Å². The molecule has 0 saturated carbocycles. The number of nitrogens with zero attached hydrogens (tertiary/aromatic N) is 1. The molecule has 0 unspecified atom stereocenters. The summed E-state index contributed by atoms with van der Waals surface area (Å²) in [5.41, 5.74) is 3.05. The minimum absolute atomic E-state index is 0.169. The number of fused-ring (bicyclic) bond motifs is 1. The molecule has 0 fully saturated rings. The van der Waals surface area contributed by atoms with Crippen molar-refractivity contribution in [2.24, 2.45) is 5.10 Å². The average Bonchev–Trinajstić information content (AvgIpc) is 2.63. The van der Waals surface area contributed by atoms with Crippen LogP contribution in [0.15, 0.2) is 70.2 Å². The predicted molar refractivity (Wildman–Crippen MR) is 99.3 cm³/mol. The molecule has 0 atom stereocenters. The van der Waals surface area contributed by atoms with Crippen LogP contribution in [-0.2, 0) is 4.79 Å². The maximum Gasteiger partial charge on any atom is 0.277 e. The molecule has 0 heterocycles. The number of rotatable bonds is 5. The van der Waals surface area contributed by atoms with E-state index in [1.807, 2.05) is 36.4 Å². The van der Waals surface area contributed by atoms with Crippen LogP contribution in [-0.4, -0.2) is 18.7 Å². The van der Waals surface area contributed by atoms with E-state index in [0.717, 1.165) is 15.2 Å². The van der Waals surface area contributed by atoms with E-state index < -0.39 is 5.91 Å². The molecular weight excluding hydrogens is 387 g/mol. The molecule has 0 saturated heterocycles. The summed E-state index contributed by atoms with van der Waals surface area (Å²) >= 11 is 3.50. The smallest absolute Gasteiger partial charge is 0.277 e. The third-order valence-corrected chi connectivity index (χ3v) is 4.28. The fraction of sp³-hybridized carbons (Fsp3) is 0.0526. The Morgan fingerprint density at radius 3 is 2.68 bits per heavy atom. The molecule has 0 radical (unpaired) electrons. The van der Waals surface area contributed by atoms with Crippen molar-refractivity contribution < 1.29 is 13.9 Å². The molecule has 3 aromatic rings. The van der Waals surface area contributed by atoms with E-state index in [9.17, 15) is 9.18 Å². The van der Waals surface area contributed by atoms with Gasteiger partial charge in [0.15, 0.2) is 6.61 Å². The van der Waals surface area contributed by atoms with Crippen molar-refractivity contribution in [2.45, 2.75) is 0 Å². The SMILES string of the molecule is O=C(COc1ccc2ccccc2c1Br)N/N=C/c1ccc(F)cc1. The molecule has 25 heavy (non-hydrogen) atoms.